The number of amides is 1. The molecule has 5 heteroatoms. The quantitative estimate of drug-likeness (QED) is 0.860. The Morgan fingerprint density at radius 2 is 2.28 bits per heavy atom. The van der Waals surface area contributed by atoms with Gasteiger partial charge in [-0.15, -0.1) is 0 Å². The number of carbonyl (C=O) groups is 1. The summed E-state index contributed by atoms with van der Waals surface area (Å²) in [5.41, 5.74) is 0.277. The zero-order chi connectivity index (χ0) is 13.1. The highest BCUT2D eigenvalue weighted by Crippen LogP contribution is 2.24. The van der Waals surface area contributed by atoms with E-state index >= 15 is 0 Å². The van der Waals surface area contributed by atoms with E-state index in [4.69, 9.17) is 5.26 Å². The molecule has 1 N–H and O–H groups in total. The second-order valence-corrected chi connectivity index (χ2v) is 4.33. The molecule has 18 heavy (non-hydrogen) atoms. The molecule has 0 bridgehead atoms. The number of anilines is 1. The molecule has 2 atom stereocenters. The number of benzene rings is 1. The Bertz CT molecular complexity index is 497. The largest absolute Gasteiger partial charge is 0.304 e. The van der Waals surface area contributed by atoms with Crippen LogP contribution in [-0.2, 0) is 4.79 Å². The first-order chi connectivity index (χ1) is 8.65. The van der Waals surface area contributed by atoms with E-state index in [2.05, 4.69) is 5.32 Å². The third-order valence-electron chi connectivity index (χ3n) is 3.04. The predicted octanol–water partition coefficient (Wildman–Crippen LogP) is 1.43. The number of para-hydroxylation sites is 1. The molecule has 2 rings (SSSR count). The van der Waals surface area contributed by atoms with Crippen LogP contribution in [0.1, 0.15) is 13.3 Å². The molecule has 1 amide bonds. The molecule has 0 spiro atoms. The van der Waals surface area contributed by atoms with Crippen LogP contribution in [0.25, 0.3) is 0 Å². The van der Waals surface area contributed by atoms with Gasteiger partial charge in [0.15, 0.2) is 0 Å². The van der Waals surface area contributed by atoms with Crippen LogP contribution in [0.4, 0.5) is 10.1 Å². The van der Waals surface area contributed by atoms with Gasteiger partial charge in [-0.25, -0.2) is 4.39 Å². The molecule has 1 aromatic rings. The number of rotatable bonds is 2. The normalized spacial score (nSPS) is 23.8. The second-order valence-electron chi connectivity index (χ2n) is 4.33. The highest BCUT2D eigenvalue weighted by molar-refractivity contribution is 5.98. The van der Waals surface area contributed by atoms with E-state index in [9.17, 15) is 9.18 Å². The Balaban J connectivity index is 2.33. The van der Waals surface area contributed by atoms with Crippen molar-refractivity contribution in [2.24, 2.45) is 0 Å². The number of carbonyl (C=O) groups excluding carboxylic acids is 1. The van der Waals surface area contributed by atoms with Gasteiger partial charge in [0.2, 0.25) is 5.91 Å². The standard InChI is InChI=1S/C13H14FN3O/c1-9-8-16-11(6-7-15)13(18)17(9)12-5-3-2-4-10(12)14/h2-5,9,11,16H,6,8H2,1H3. The lowest BCUT2D eigenvalue weighted by Gasteiger charge is -2.37. The fourth-order valence-electron chi connectivity index (χ4n) is 2.13. The SMILES string of the molecule is CC1CNC(CC#N)C(=O)N1c1ccccc1F. The van der Waals surface area contributed by atoms with Crippen molar-refractivity contribution in [2.75, 3.05) is 11.4 Å². The van der Waals surface area contributed by atoms with Gasteiger partial charge in [-0.3, -0.25) is 4.79 Å². The van der Waals surface area contributed by atoms with Crippen molar-refractivity contribution in [1.29, 1.82) is 5.26 Å². The van der Waals surface area contributed by atoms with Crippen molar-refractivity contribution in [3.8, 4) is 6.07 Å². The van der Waals surface area contributed by atoms with E-state index in [0.717, 1.165) is 0 Å². The van der Waals surface area contributed by atoms with Crippen LogP contribution in [0, 0.1) is 17.1 Å². The molecule has 1 aromatic carbocycles. The average molecular weight is 247 g/mol. The minimum absolute atomic E-state index is 0.0938. The van der Waals surface area contributed by atoms with Crippen molar-refractivity contribution in [3.05, 3.63) is 30.1 Å². The van der Waals surface area contributed by atoms with Gasteiger partial charge in [0.25, 0.3) is 0 Å². The molecular weight excluding hydrogens is 233 g/mol. The zero-order valence-electron chi connectivity index (χ0n) is 10.1. The van der Waals surface area contributed by atoms with E-state index in [1.54, 1.807) is 18.2 Å². The van der Waals surface area contributed by atoms with E-state index in [1.165, 1.54) is 11.0 Å². The maximum atomic E-state index is 13.8. The lowest BCUT2D eigenvalue weighted by atomic mass is 10.1. The van der Waals surface area contributed by atoms with Crippen molar-refractivity contribution in [1.82, 2.24) is 5.32 Å². The third kappa shape index (κ3) is 2.20. The molecule has 0 radical (unpaired) electrons. The number of halogens is 1. The van der Waals surface area contributed by atoms with Gasteiger partial charge in [-0.2, -0.15) is 5.26 Å². The molecule has 1 aliphatic rings. The van der Waals surface area contributed by atoms with Gasteiger partial charge in [0.05, 0.1) is 18.2 Å². The molecule has 94 valence electrons. The highest BCUT2D eigenvalue weighted by atomic mass is 19.1. The first-order valence-corrected chi connectivity index (χ1v) is 5.83. The summed E-state index contributed by atoms with van der Waals surface area (Å²) in [5, 5.41) is 11.7. The summed E-state index contributed by atoms with van der Waals surface area (Å²) < 4.78 is 13.8. The summed E-state index contributed by atoms with van der Waals surface area (Å²) >= 11 is 0. The summed E-state index contributed by atoms with van der Waals surface area (Å²) in [7, 11) is 0. The zero-order valence-corrected chi connectivity index (χ0v) is 10.1. The van der Waals surface area contributed by atoms with Crippen LogP contribution < -0.4 is 10.2 Å². The van der Waals surface area contributed by atoms with Crippen LogP contribution in [-0.4, -0.2) is 24.5 Å². The van der Waals surface area contributed by atoms with Crippen LogP contribution in [0.2, 0.25) is 0 Å². The van der Waals surface area contributed by atoms with Gasteiger partial charge < -0.3 is 10.2 Å². The number of hydrogen-bond donors (Lipinski definition) is 1. The summed E-state index contributed by atoms with van der Waals surface area (Å²) in [6, 6.07) is 7.47. The second kappa shape index (κ2) is 5.15. The lowest BCUT2D eigenvalue weighted by molar-refractivity contribution is -0.122. The number of piperazine rings is 1. The molecular formula is C13H14FN3O. The molecule has 1 saturated heterocycles. The van der Waals surface area contributed by atoms with Crippen LogP contribution in [0.15, 0.2) is 24.3 Å². The average Bonchev–Trinajstić information content (AvgIpc) is 2.35. The van der Waals surface area contributed by atoms with Crippen molar-refractivity contribution in [2.45, 2.75) is 25.4 Å². The fourth-order valence-corrected chi connectivity index (χ4v) is 2.13. The Morgan fingerprint density at radius 1 is 1.56 bits per heavy atom. The molecule has 1 heterocycles. The van der Waals surface area contributed by atoms with Crippen LogP contribution in [0.5, 0.6) is 0 Å². The molecule has 0 aromatic heterocycles. The Kier molecular flexibility index (Phi) is 3.58. The minimum atomic E-state index is -0.550. The third-order valence-corrected chi connectivity index (χ3v) is 3.04. The van der Waals surface area contributed by atoms with Gasteiger partial charge in [-0.1, -0.05) is 12.1 Å². The van der Waals surface area contributed by atoms with Gasteiger partial charge in [0, 0.05) is 12.6 Å². The molecule has 0 saturated carbocycles. The minimum Gasteiger partial charge on any atom is -0.304 e. The molecule has 2 unspecified atom stereocenters. The molecule has 1 aliphatic heterocycles. The van der Waals surface area contributed by atoms with E-state index in [0.29, 0.717) is 6.54 Å². The van der Waals surface area contributed by atoms with Gasteiger partial charge in [-0.05, 0) is 19.1 Å². The lowest BCUT2D eigenvalue weighted by Crippen LogP contribution is -2.59. The van der Waals surface area contributed by atoms with Gasteiger partial charge >= 0.3 is 0 Å². The fraction of sp³-hybridized carbons (Fsp3) is 0.385. The highest BCUT2D eigenvalue weighted by Gasteiger charge is 2.34. The van der Waals surface area contributed by atoms with E-state index in [-0.39, 0.29) is 24.1 Å². The van der Waals surface area contributed by atoms with Crippen molar-refractivity contribution in [3.63, 3.8) is 0 Å². The maximum absolute atomic E-state index is 13.8. The number of nitrogens with one attached hydrogen (secondary N) is 1. The Hall–Kier alpha value is -1.93. The molecule has 4 nitrogen and oxygen atoms in total. The van der Waals surface area contributed by atoms with E-state index in [1.807, 2.05) is 13.0 Å². The maximum Gasteiger partial charge on any atom is 0.245 e. The summed E-state index contributed by atoms with van der Waals surface area (Å²) in [6.45, 7) is 2.40. The van der Waals surface area contributed by atoms with Crippen molar-refractivity contribution >= 4 is 11.6 Å². The number of nitriles is 1. The summed E-state index contributed by atoms with van der Waals surface area (Å²) in [6.07, 6.45) is 0.0938. The first-order valence-electron chi connectivity index (χ1n) is 5.83. The molecule has 1 fully saturated rings. The number of nitrogens with zero attached hydrogens (tertiary/aromatic N) is 2. The monoisotopic (exact) mass is 247 g/mol. The number of hydrogen-bond acceptors (Lipinski definition) is 3. The van der Waals surface area contributed by atoms with Gasteiger partial charge in [0.1, 0.15) is 11.9 Å². The Morgan fingerprint density at radius 3 is 2.94 bits per heavy atom. The Labute approximate surface area is 105 Å². The predicted molar refractivity (Wildman–Crippen MR) is 65.4 cm³/mol. The summed E-state index contributed by atoms with van der Waals surface area (Å²) in [5.74, 6) is -0.671. The topological polar surface area (TPSA) is 56.1 Å². The van der Waals surface area contributed by atoms with Crippen LogP contribution in [0.3, 0.4) is 0 Å². The van der Waals surface area contributed by atoms with Crippen molar-refractivity contribution < 1.29 is 9.18 Å². The smallest absolute Gasteiger partial charge is 0.245 e. The summed E-state index contributed by atoms with van der Waals surface area (Å²) in [4.78, 5) is 13.7. The molecule has 0 aliphatic carbocycles. The van der Waals surface area contributed by atoms with Crippen LogP contribution >= 0.6 is 0 Å². The first kappa shape index (κ1) is 12.5. The van der Waals surface area contributed by atoms with E-state index < -0.39 is 11.9 Å².